The van der Waals surface area contributed by atoms with Gasteiger partial charge in [0.2, 0.25) is 0 Å². The van der Waals surface area contributed by atoms with Crippen LogP contribution >= 0.6 is 0 Å². The van der Waals surface area contributed by atoms with Crippen molar-refractivity contribution in [2.75, 3.05) is 4.90 Å². The van der Waals surface area contributed by atoms with E-state index in [2.05, 4.69) is 0 Å². The molecule has 3 aromatic carbocycles. The van der Waals surface area contributed by atoms with Crippen molar-refractivity contribution in [1.82, 2.24) is 0 Å². The molecule has 0 aliphatic carbocycles. The minimum absolute atomic E-state index is 0.107. The molecule has 0 saturated heterocycles. The van der Waals surface area contributed by atoms with Crippen LogP contribution in [0.5, 0.6) is 5.75 Å². The highest BCUT2D eigenvalue weighted by atomic mass is 16.5. The maximum absolute atomic E-state index is 13.0. The van der Waals surface area contributed by atoms with E-state index in [0.717, 1.165) is 4.90 Å². The lowest BCUT2D eigenvalue weighted by Crippen LogP contribution is -2.30. The molecule has 1 aliphatic heterocycles. The SMILES string of the molecule is CC(=O)Oc1ccccc1N1C(=O)c2ccc(C(=O)c3ccccc3)cc2C1=O. The van der Waals surface area contributed by atoms with Gasteiger partial charge in [0, 0.05) is 18.1 Å². The van der Waals surface area contributed by atoms with Gasteiger partial charge in [-0.05, 0) is 24.3 Å². The fourth-order valence-corrected chi connectivity index (χ4v) is 3.24. The number of esters is 1. The van der Waals surface area contributed by atoms with E-state index < -0.39 is 17.8 Å². The summed E-state index contributed by atoms with van der Waals surface area (Å²) in [6.45, 7) is 1.24. The molecule has 0 saturated carbocycles. The molecule has 0 bridgehead atoms. The standard InChI is InChI=1S/C23H15NO5/c1-14(25)29-20-10-6-5-9-19(20)24-22(27)17-12-11-16(13-18(17)23(24)28)21(26)15-7-3-2-4-8-15/h2-13H,1H3. The van der Waals surface area contributed by atoms with Crippen LogP contribution in [0.15, 0.2) is 72.8 Å². The quantitative estimate of drug-likeness (QED) is 0.296. The van der Waals surface area contributed by atoms with Crippen LogP contribution in [-0.2, 0) is 4.79 Å². The summed E-state index contributed by atoms with van der Waals surface area (Å²) in [4.78, 5) is 50.9. The van der Waals surface area contributed by atoms with Crippen LogP contribution in [0, 0.1) is 0 Å². The van der Waals surface area contributed by atoms with Crippen LogP contribution in [-0.4, -0.2) is 23.6 Å². The predicted octanol–water partition coefficient (Wildman–Crippen LogP) is 3.64. The highest BCUT2D eigenvalue weighted by Crippen LogP contribution is 2.35. The largest absolute Gasteiger partial charge is 0.424 e. The van der Waals surface area contributed by atoms with E-state index in [9.17, 15) is 19.2 Å². The van der Waals surface area contributed by atoms with Crippen molar-refractivity contribution in [1.29, 1.82) is 0 Å². The zero-order valence-electron chi connectivity index (χ0n) is 15.4. The molecule has 29 heavy (non-hydrogen) atoms. The first-order valence-corrected chi connectivity index (χ1v) is 8.87. The zero-order valence-corrected chi connectivity index (χ0v) is 15.4. The van der Waals surface area contributed by atoms with Gasteiger partial charge in [-0.3, -0.25) is 19.2 Å². The van der Waals surface area contributed by atoms with Crippen LogP contribution in [0.3, 0.4) is 0 Å². The van der Waals surface area contributed by atoms with Gasteiger partial charge in [-0.2, -0.15) is 0 Å². The molecule has 6 heteroatoms. The second-order valence-electron chi connectivity index (χ2n) is 6.46. The van der Waals surface area contributed by atoms with Crippen molar-refractivity contribution < 1.29 is 23.9 Å². The summed E-state index contributed by atoms with van der Waals surface area (Å²) < 4.78 is 5.13. The van der Waals surface area contributed by atoms with Gasteiger partial charge in [-0.15, -0.1) is 0 Å². The minimum Gasteiger partial charge on any atom is -0.424 e. The van der Waals surface area contributed by atoms with Gasteiger partial charge in [0.25, 0.3) is 11.8 Å². The van der Waals surface area contributed by atoms with E-state index in [-0.39, 0.29) is 28.3 Å². The Balaban J connectivity index is 1.73. The fourth-order valence-electron chi connectivity index (χ4n) is 3.24. The van der Waals surface area contributed by atoms with Crippen LogP contribution in [0.2, 0.25) is 0 Å². The molecule has 142 valence electrons. The van der Waals surface area contributed by atoms with E-state index in [1.54, 1.807) is 42.5 Å². The van der Waals surface area contributed by atoms with Crippen molar-refractivity contribution in [2.24, 2.45) is 0 Å². The van der Waals surface area contributed by atoms with Crippen LogP contribution in [0.25, 0.3) is 0 Å². The Labute approximate surface area is 166 Å². The van der Waals surface area contributed by atoms with Gasteiger partial charge in [0.05, 0.1) is 16.8 Å². The molecular weight excluding hydrogens is 370 g/mol. The lowest BCUT2D eigenvalue weighted by atomic mass is 9.99. The summed E-state index contributed by atoms with van der Waals surface area (Å²) in [5.74, 6) is -1.82. The number of hydrogen-bond acceptors (Lipinski definition) is 5. The van der Waals surface area contributed by atoms with E-state index in [1.807, 2.05) is 0 Å². The fraction of sp³-hybridized carbons (Fsp3) is 0.0435. The normalized spacial score (nSPS) is 12.7. The summed E-state index contributed by atoms with van der Waals surface area (Å²) in [5.41, 5.74) is 1.30. The van der Waals surface area contributed by atoms with Crippen molar-refractivity contribution >= 4 is 29.3 Å². The number of para-hydroxylation sites is 2. The Morgan fingerprint density at radius 1 is 0.759 bits per heavy atom. The number of nitrogens with zero attached hydrogens (tertiary/aromatic N) is 1. The Kier molecular flexibility index (Phi) is 4.52. The first-order valence-electron chi connectivity index (χ1n) is 8.87. The molecule has 1 aliphatic rings. The first kappa shape index (κ1) is 18.3. The van der Waals surface area contributed by atoms with Gasteiger partial charge in [0.1, 0.15) is 0 Å². The molecule has 0 N–H and O–H groups in total. The third kappa shape index (κ3) is 3.21. The van der Waals surface area contributed by atoms with Gasteiger partial charge in [-0.25, -0.2) is 4.90 Å². The average Bonchev–Trinajstić information content (AvgIpc) is 2.98. The second-order valence-corrected chi connectivity index (χ2v) is 6.46. The Bertz CT molecular complexity index is 1170. The van der Waals surface area contributed by atoms with Gasteiger partial charge < -0.3 is 4.74 Å². The molecule has 0 fully saturated rings. The molecular formula is C23H15NO5. The number of benzene rings is 3. The molecule has 0 atom stereocenters. The number of ketones is 1. The molecule has 0 radical (unpaired) electrons. The van der Waals surface area contributed by atoms with E-state index in [4.69, 9.17) is 4.74 Å². The summed E-state index contributed by atoms with van der Waals surface area (Å²) in [6.07, 6.45) is 0. The highest BCUT2D eigenvalue weighted by molar-refractivity contribution is 6.35. The lowest BCUT2D eigenvalue weighted by Gasteiger charge is -2.17. The third-order valence-corrected chi connectivity index (χ3v) is 4.54. The van der Waals surface area contributed by atoms with Crippen molar-refractivity contribution in [3.05, 3.63) is 95.1 Å². The molecule has 2 amide bonds. The smallest absolute Gasteiger partial charge is 0.308 e. The number of imide groups is 1. The second kappa shape index (κ2) is 7.16. The minimum atomic E-state index is -0.577. The van der Waals surface area contributed by atoms with Crippen LogP contribution < -0.4 is 9.64 Å². The summed E-state index contributed by atoms with van der Waals surface area (Å²) in [5, 5.41) is 0. The van der Waals surface area contributed by atoms with E-state index in [0.29, 0.717) is 11.1 Å². The number of ether oxygens (including phenoxy) is 1. The molecule has 6 nitrogen and oxygen atoms in total. The summed E-state index contributed by atoms with van der Waals surface area (Å²) >= 11 is 0. The topological polar surface area (TPSA) is 80.8 Å². The number of carbonyl (C=O) groups excluding carboxylic acids is 4. The lowest BCUT2D eigenvalue weighted by molar-refractivity contribution is -0.131. The number of amides is 2. The monoisotopic (exact) mass is 385 g/mol. The number of fused-ring (bicyclic) bond motifs is 1. The molecule has 1 heterocycles. The maximum atomic E-state index is 13.0. The molecule has 3 aromatic rings. The highest BCUT2D eigenvalue weighted by Gasteiger charge is 2.38. The van der Waals surface area contributed by atoms with Crippen LogP contribution in [0.1, 0.15) is 43.6 Å². The summed E-state index contributed by atoms with van der Waals surface area (Å²) in [6, 6.07) is 19.4. The molecule has 0 spiro atoms. The number of rotatable bonds is 4. The Morgan fingerprint density at radius 2 is 1.41 bits per heavy atom. The van der Waals surface area contributed by atoms with Crippen molar-refractivity contribution in [3.63, 3.8) is 0 Å². The predicted molar refractivity (Wildman–Crippen MR) is 105 cm³/mol. The maximum Gasteiger partial charge on any atom is 0.308 e. The van der Waals surface area contributed by atoms with Crippen molar-refractivity contribution in [2.45, 2.75) is 6.92 Å². The van der Waals surface area contributed by atoms with Gasteiger partial charge in [0.15, 0.2) is 11.5 Å². The average molecular weight is 385 g/mol. The Hall–Kier alpha value is -4.06. The number of anilines is 1. The third-order valence-electron chi connectivity index (χ3n) is 4.54. The number of carbonyl (C=O) groups is 4. The van der Waals surface area contributed by atoms with Gasteiger partial charge >= 0.3 is 5.97 Å². The molecule has 0 aromatic heterocycles. The summed E-state index contributed by atoms with van der Waals surface area (Å²) in [7, 11) is 0. The molecule has 4 rings (SSSR count). The zero-order chi connectivity index (χ0) is 20.5. The van der Waals surface area contributed by atoms with Gasteiger partial charge in [-0.1, -0.05) is 48.5 Å². The Morgan fingerprint density at radius 3 is 2.14 bits per heavy atom. The molecule has 0 unspecified atom stereocenters. The number of hydrogen-bond donors (Lipinski definition) is 0. The van der Waals surface area contributed by atoms with Crippen molar-refractivity contribution in [3.8, 4) is 5.75 Å². The van der Waals surface area contributed by atoms with Crippen LogP contribution in [0.4, 0.5) is 5.69 Å². The first-order chi connectivity index (χ1) is 14.0. The van der Waals surface area contributed by atoms with E-state index >= 15 is 0 Å². The van der Waals surface area contributed by atoms with E-state index in [1.165, 1.54) is 37.3 Å².